The predicted octanol–water partition coefficient (Wildman–Crippen LogP) is 2.24. The summed E-state index contributed by atoms with van der Waals surface area (Å²) in [6.45, 7) is 2.72. The highest BCUT2D eigenvalue weighted by Gasteiger charge is 2.20. The Morgan fingerprint density at radius 3 is 3.16 bits per heavy atom. The van der Waals surface area contributed by atoms with Crippen LogP contribution in [-0.2, 0) is 11.8 Å². The van der Waals surface area contributed by atoms with Crippen molar-refractivity contribution < 1.29 is 9.47 Å². The van der Waals surface area contributed by atoms with Crippen molar-refractivity contribution in [1.29, 1.82) is 0 Å². The van der Waals surface area contributed by atoms with Crippen LogP contribution in [0.5, 0.6) is 5.75 Å². The van der Waals surface area contributed by atoms with E-state index in [1.165, 1.54) is 10.9 Å². The maximum Gasteiger partial charge on any atom is 0.143 e. The number of hydrogen-bond donors (Lipinski definition) is 1. The molecule has 3 rings (SSSR count). The first kappa shape index (κ1) is 12.5. The minimum atomic E-state index is 0.123. The van der Waals surface area contributed by atoms with Gasteiger partial charge in [-0.1, -0.05) is 12.1 Å². The molecule has 1 unspecified atom stereocenters. The van der Waals surface area contributed by atoms with Gasteiger partial charge in [-0.15, -0.1) is 0 Å². The predicted molar refractivity (Wildman–Crippen MR) is 75.7 cm³/mol. The van der Waals surface area contributed by atoms with Gasteiger partial charge >= 0.3 is 0 Å². The Bertz CT molecular complexity index is 569. The fourth-order valence-electron chi connectivity index (χ4n) is 2.80. The van der Waals surface area contributed by atoms with Crippen LogP contribution in [0.25, 0.3) is 10.9 Å². The largest absolute Gasteiger partial charge is 0.495 e. The number of hydrogen-bond acceptors (Lipinski definition) is 3. The van der Waals surface area contributed by atoms with Gasteiger partial charge in [-0.05, 0) is 19.0 Å². The smallest absolute Gasteiger partial charge is 0.143 e. The molecule has 0 aliphatic carbocycles. The Kier molecular flexibility index (Phi) is 3.44. The molecule has 4 heteroatoms. The molecule has 102 valence electrons. The summed E-state index contributed by atoms with van der Waals surface area (Å²) < 4.78 is 13.5. The lowest BCUT2D eigenvalue weighted by atomic mass is 10.1. The zero-order chi connectivity index (χ0) is 13.2. The second-order valence-corrected chi connectivity index (χ2v) is 4.97. The molecule has 0 spiro atoms. The molecule has 0 bridgehead atoms. The number of methoxy groups -OCH3 is 1. The van der Waals surface area contributed by atoms with E-state index in [1.54, 1.807) is 7.11 Å². The van der Waals surface area contributed by atoms with Gasteiger partial charge in [0.2, 0.25) is 0 Å². The van der Waals surface area contributed by atoms with Crippen LogP contribution in [0.3, 0.4) is 0 Å². The molecule has 1 aromatic heterocycles. The van der Waals surface area contributed by atoms with Gasteiger partial charge in [0.25, 0.3) is 0 Å². The highest BCUT2D eigenvalue weighted by atomic mass is 16.5. The van der Waals surface area contributed by atoms with Gasteiger partial charge < -0.3 is 19.4 Å². The second kappa shape index (κ2) is 5.23. The van der Waals surface area contributed by atoms with Crippen molar-refractivity contribution in [1.82, 2.24) is 9.88 Å². The Labute approximate surface area is 113 Å². The molecule has 1 atom stereocenters. The van der Waals surface area contributed by atoms with Gasteiger partial charge in [-0.3, -0.25) is 0 Å². The van der Waals surface area contributed by atoms with Crippen molar-refractivity contribution in [2.45, 2.75) is 12.5 Å². The van der Waals surface area contributed by atoms with Crippen molar-refractivity contribution in [2.24, 2.45) is 7.05 Å². The van der Waals surface area contributed by atoms with Crippen LogP contribution >= 0.6 is 0 Å². The van der Waals surface area contributed by atoms with E-state index in [4.69, 9.17) is 9.47 Å². The quantitative estimate of drug-likeness (QED) is 0.899. The zero-order valence-electron chi connectivity index (χ0n) is 11.5. The molecular weight excluding hydrogens is 240 g/mol. The zero-order valence-corrected chi connectivity index (χ0v) is 11.5. The first-order valence-electron chi connectivity index (χ1n) is 6.75. The van der Waals surface area contributed by atoms with E-state index in [0.717, 1.165) is 37.4 Å². The molecule has 1 N–H and O–H groups in total. The summed E-state index contributed by atoms with van der Waals surface area (Å²) in [5, 5.41) is 4.65. The molecule has 1 saturated heterocycles. The number of rotatable bonds is 2. The van der Waals surface area contributed by atoms with Gasteiger partial charge in [0, 0.05) is 37.3 Å². The number of nitrogens with one attached hydrogen (secondary N) is 1. The summed E-state index contributed by atoms with van der Waals surface area (Å²) >= 11 is 0. The van der Waals surface area contributed by atoms with E-state index in [-0.39, 0.29) is 6.10 Å². The monoisotopic (exact) mass is 260 g/mol. The van der Waals surface area contributed by atoms with Crippen LogP contribution in [0.15, 0.2) is 24.4 Å². The standard InChI is InChI=1S/C15H20N2O2/c1-17-10-12(14-9-16-7-4-8-19-14)11-5-3-6-13(18-2)15(11)17/h3,5-6,10,14,16H,4,7-9H2,1-2H3. The van der Waals surface area contributed by atoms with E-state index >= 15 is 0 Å². The van der Waals surface area contributed by atoms with Gasteiger partial charge in [0.1, 0.15) is 5.75 Å². The Hall–Kier alpha value is -1.52. The first-order valence-corrected chi connectivity index (χ1v) is 6.75. The summed E-state index contributed by atoms with van der Waals surface area (Å²) in [6, 6.07) is 6.18. The summed E-state index contributed by atoms with van der Waals surface area (Å²) in [5.41, 5.74) is 2.37. The van der Waals surface area contributed by atoms with Crippen molar-refractivity contribution >= 4 is 10.9 Å². The molecule has 1 aromatic carbocycles. The number of para-hydroxylation sites is 1. The molecule has 1 aliphatic heterocycles. The number of ether oxygens (including phenoxy) is 2. The fraction of sp³-hybridized carbons (Fsp3) is 0.467. The SMILES string of the molecule is COc1cccc2c(C3CNCCCO3)cn(C)c12. The van der Waals surface area contributed by atoms with Crippen molar-refractivity contribution in [3.63, 3.8) is 0 Å². The van der Waals surface area contributed by atoms with Gasteiger partial charge in [-0.25, -0.2) is 0 Å². The Morgan fingerprint density at radius 1 is 1.42 bits per heavy atom. The maximum atomic E-state index is 5.97. The number of fused-ring (bicyclic) bond motifs is 1. The summed E-state index contributed by atoms with van der Waals surface area (Å²) in [6.07, 6.45) is 3.36. The van der Waals surface area contributed by atoms with Crippen LogP contribution in [0, 0.1) is 0 Å². The molecule has 4 nitrogen and oxygen atoms in total. The third-order valence-corrected chi connectivity index (χ3v) is 3.71. The fourth-order valence-corrected chi connectivity index (χ4v) is 2.80. The summed E-state index contributed by atoms with van der Waals surface area (Å²) in [5.74, 6) is 0.910. The van der Waals surface area contributed by atoms with E-state index in [9.17, 15) is 0 Å². The van der Waals surface area contributed by atoms with Crippen LogP contribution < -0.4 is 10.1 Å². The lowest BCUT2D eigenvalue weighted by molar-refractivity contribution is 0.0678. The highest BCUT2D eigenvalue weighted by Crippen LogP contribution is 2.33. The molecule has 0 amide bonds. The average molecular weight is 260 g/mol. The van der Waals surface area contributed by atoms with Crippen molar-refractivity contribution in [2.75, 3.05) is 26.8 Å². The maximum absolute atomic E-state index is 5.97. The Balaban J connectivity index is 2.08. The minimum absolute atomic E-state index is 0.123. The van der Waals surface area contributed by atoms with E-state index in [0.29, 0.717) is 0 Å². The number of benzene rings is 1. The average Bonchev–Trinajstić information content (AvgIpc) is 2.65. The van der Waals surface area contributed by atoms with E-state index in [1.807, 2.05) is 12.1 Å². The highest BCUT2D eigenvalue weighted by molar-refractivity contribution is 5.89. The third-order valence-electron chi connectivity index (χ3n) is 3.71. The molecule has 2 heterocycles. The number of aromatic nitrogens is 1. The lowest BCUT2D eigenvalue weighted by Gasteiger charge is -2.14. The molecule has 1 aliphatic rings. The van der Waals surface area contributed by atoms with Crippen LogP contribution in [-0.4, -0.2) is 31.4 Å². The van der Waals surface area contributed by atoms with Crippen molar-refractivity contribution in [3.8, 4) is 5.75 Å². The molecular formula is C15H20N2O2. The topological polar surface area (TPSA) is 35.4 Å². The minimum Gasteiger partial charge on any atom is -0.495 e. The van der Waals surface area contributed by atoms with Crippen LogP contribution in [0.2, 0.25) is 0 Å². The third kappa shape index (κ3) is 2.22. The van der Waals surface area contributed by atoms with E-state index < -0.39 is 0 Å². The second-order valence-electron chi connectivity index (χ2n) is 4.97. The normalized spacial score (nSPS) is 20.4. The number of aryl methyl sites for hydroxylation is 1. The van der Waals surface area contributed by atoms with E-state index in [2.05, 4.69) is 29.2 Å². The Morgan fingerprint density at radius 2 is 2.32 bits per heavy atom. The van der Waals surface area contributed by atoms with Crippen molar-refractivity contribution in [3.05, 3.63) is 30.0 Å². The summed E-state index contributed by atoms with van der Waals surface area (Å²) in [7, 11) is 3.77. The number of nitrogens with zero attached hydrogens (tertiary/aromatic N) is 1. The first-order chi connectivity index (χ1) is 9.31. The summed E-state index contributed by atoms with van der Waals surface area (Å²) in [4.78, 5) is 0. The molecule has 0 radical (unpaired) electrons. The molecule has 0 saturated carbocycles. The molecule has 1 fully saturated rings. The van der Waals surface area contributed by atoms with Crippen LogP contribution in [0.4, 0.5) is 0 Å². The van der Waals surface area contributed by atoms with Gasteiger partial charge in [0.05, 0.1) is 18.7 Å². The lowest BCUT2D eigenvalue weighted by Crippen LogP contribution is -2.19. The molecule has 19 heavy (non-hydrogen) atoms. The van der Waals surface area contributed by atoms with Gasteiger partial charge in [-0.2, -0.15) is 0 Å². The molecule has 2 aromatic rings. The van der Waals surface area contributed by atoms with Gasteiger partial charge in [0.15, 0.2) is 0 Å². The van der Waals surface area contributed by atoms with Crippen LogP contribution in [0.1, 0.15) is 18.1 Å².